The Bertz CT molecular complexity index is 1420. The number of alkyl carbamates (subject to hydrolysis) is 1. The van der Waals surface area contributed by atoms with Gasteiger partial charge in [0.25, 0.3) is 0 Å². The Morgan fingerprint density at radius 1 is 1.26 bits per heavy atom. The molecule has 11 nitrogen and oxygen atoms in total. The van der Waals surface area contributed by atoms with Gasteiger partial charge in [-0.2, -0.15) is 0 Å². The fourth-order valence-electron chi connectivity index (χ4n) is 6.98. The predicted octanol–water partition coefficient (Wildman–Crippen LogP) is 4.88. The number of carbonyl (C=O) groups excluding carboxylic acids is 3. The Hall–Kier alpha value is -3.28. The van der Waals surface area contributed by atoms with Gasteiger partial charge in [-0.05, 0) is 56.2 Å². The van der Waals surface area contributed by atoms with Crippen molar-refractivity contribution in [3.63, 3.8) is 0 Å². The SMILES string of the molecule is COc1cc2cc(c1Cl)N(C)CC[C@H](OC(=O)[C@H](C)N(C)C(C)=O)[C@@]1(C)C[C@H]1[C@H](C)[C@@H]1C[C@@](O)(NC(=O)O1)[C@H](OC)/C=C/C=C(\C)C2. The van der Waals surface area contributed by atoms with Gasteiger partial charge in [0, 0.05) is 52.9 Å². The second-order valence-corrected chi connectivity index (χ2v) is 14.1. The third-order valence-corrected chi connectivity index (χ3v) is 10.8. The maximum absolute atomic E-state index is 13.4. The average molecular weight is 676 g/mol. The van der Waals surface area contributed by atoms with E-state index in [-0.39, 0.29) is 24.2 Å². The Balaban J connectivity index is 1.75. The zero-order chi connectivity index (χ0) is 34.8. The predicted molar refractivity (Wildman–Crippen MR) is 179 cm³/mol. The van der Waals surface area contributed by atoms with Crippen molar-refractivity contribution >= 4 is 35.3 Å². The summed E-state index contributed by atoms with van der Waals surface area (Å²) in [5.41, 5.74) is 0.660. The largest absolute Gasteiger partial charge is 0.495 e. The van der Waals surface area contributed by atoms with Crippen molar-refractivity contribution in [2.75, 3.05) is 39.8 Å². The van der Waals surface area contributed by atoms with Crippen LogP contribution in [-0.4, -0.2) is 92.9 Å². The molecular weight excluding hydrogens is 626 g/mol. The molecule has 8 atom stereocenters. The van der Waals surface area contributed by atoms with E-state index < -0.39 is 47.6 Å². The molecule has 3 aliphatic rings. The number of nitrogens with zero attached hydrogens (tertiary/aromatic N) is 2. The molecule has 12 heteroatoms. The highest BCUT2D eigenvalue weighted by atomic mass is 35.5. The van der Waals surface area contributed by atoms with Gasteiger partial charge in [-0.1, -0.05) is 49.2 Å². The number of fused-ring (bicyclic) bond motifs is 5. The van der Waals surface area contributed by atoms with Crippen molar-refractivity contribution in [3.8, 4) is 5.75 Å². The van der Waals surface area contributed by atoms with Crippen LogP contribution in [0.1, 0.15) is 59.4 Å². The highest BCUT2D eigenvalue weighted by Gasteiger charge is 2.61. The van der Waals surface area contributed by atoms with E-state index in [0.717, 1.165) is 16.8 Å². The third-order valence-electron chi connectivity index (χ3n) is 10.4. The zero-order valence-corrected chi connectivity index (χ0v) is 29.7. The summed E-state index contributed by atoms with van der Waals surface area (Å²) in [4.78, 5) is 41.6. The monoisotopic (exact) mass is 675 g/mol. The normalized spacial score (nSPS) is 33.6. The van der Waals surface area contributed by atoms with Gasteiger partial charge in [0.2, 0.25) is 5.91 Å². The number of allylic oxidation sites excluding steroid dienone is 3. The standard InChI is InChI=1S/C35H50ClN3O8/c1-20-11-10-12-30(45-9)35(43)19-28(46-33(42)37-35)21(2)25-18-34(25,5)29(47-32(41)22(3)39(7)23(4)40)13-14-38(6)26-16-24(15-20)17-27(44-8)31(26)36/h10-12,16-17,21-22,25,28-30,43H,13-15,18-19H2,1-9H3,(H,37,42)/b12-10+,20-11+/t21-,22-,25-,28-,29-,30+,34-,35-/m0/s1. The van der Waals surface area contributed by atoms with Crippen molar-refractivity contribution in [1.82, 2.24) is 10.2 Å². The molecule has 4 bridgehead atoms. The first-order valence-corrected chi connectivity index (χ1v) is 16.5. The molecule has 0 radical (unpaired) electrons. The number of carbonyl (C=O) groups is 3. The average Bonchev–Trinajstić information content (AvgIpc) is 3.71. The Labute approximate surface area is 283 Å². The van der Waals surface area contributed by atoms with Crippen LogP contribution in [0.25, 0.3) is 0 Å². The van der Waals surface area contributed by atoms with Gasteiger partial charge >= 0.3 is 12.1 Å². The molecule has 2 N–H and O–H groups in total. The first kappa shape index (κ1) is 36.6. The molecule has 260 valence electrons. The van der Waals surface area contributed by atoms with Crippen molar-refractivity contribution < 1.29 is 38.4 Å². The van der Waals surface area contributed by atoms with Crippen LogP contribution in [0.3, 0.4) is 0 Å². The lowest BCUT2D eigenvalue weighted by Crippen LogP contribution is -2.63. The summed E-state index contributed by atoms with van der Waals surface area (Å²) in [6, 6.07) is 3.17. The molecule has 47 heavy (non-hydrogen) atoms. The molecule has 1 saturated carbocycles. The van der Waals surface area contributed by atoms with Gasteiger partial charge in [-0.3, -0.25) is 10.1 Å². The highest BCUT2D eigenvalue weighted by molar-refractivity contribution is 6.34. The lowest BCUT2D eigenvalue weighted by Gasteiger charge is -2.42. The lowest BCUT2D eigenvalue weighted by atomic mass is 9.83. The molecule has 2 aliphatic heterocycles. The molecule has 1 saturated heterocycles. The minimum absolute atomic E-state index is 0.0165. The number of hydrogen-bond acceptors (Lipinski definition) is 9. The van der Waals surface area contributed by atoms with Crippen molar-refractivity contribution in [1.29, 1.82) is 0 Å². The number of halogens is 1. The van der Waals surface area contributed by atoms with E-state index in [1.165, 1.54) is 18.9 Å². The first-order chi connectivity index (χ1) is 22.0. The van der Waals surface area contributed by atoms with Crippen molar-refractivity contribution in [2.24, 2.45) is 17.3 Å². The molecule has 4 rings (SSSR count). The van der Waals surface area contributed by atoms with E-state index in [9.17, 15) is 19.5 Å². The van der Waals surface area contributed by atoms with Crippen LogP contribution in [0.2, 0.25) is 5.02 Å². The van der Waals surface area contributed by atoms with Gasteiger partial charge < -0.3 is 33.9 Å². The Morgan fingerprint density at radius 3 is 2.60 bits per heavy atom. The summed E-state index contributed by atoms with van der Waals surface area (Å²) in [7, 11) is 6.59. The topological polar surface area (TPSA) is 127 Å². The van der Waals surface area contributed by atoms with Crippen LogP contribution < -0.4 is 15.0 Å². The van der Waals surface area contributed by atoms with E-state index in [4.69, 9.17) is 30.5 Å². The minimum Gasteiger partial charge on any atom is -0.495 e. The van der Waals surface area contributed by atoms with E-state index in [1.807, 2.05) is 50.1 Å². The fraction of sp³-hybridized carbons (Fsp3) is 0.629. The van der Waals surface area contributed by atoms with Gasteiger partial charge in [0.05, 0.1) is 12.8 Å². The number of aliphatic hydroxyl groups is 1. The second-order valence-electron chi connectivity index (χ2n) is 13.7. The van der Waals surface area contributed by atoms with Crippen molar-refractivity contribution in [2.45, 2.75) is 90.4 Å². The van der Waals surface area contributed by atoms with Crippen LogP contribution in [0.4, 0.5) is 10.5 Å². The van der Waals surface area contributed by atoms with Crippen molar-refractivity contribution in [3.05, 3.63) is 46.5 Å². The number of anilines is 1. The van der Waals surface area contributed by atoms with Crippen LogP contribution >= 0.6 is 11.6 Å². The molecular formula is C35H50ClN3O8. The smallest absolute Gasteiger partial charge is 0.409 e. The zero-order valence-electron chi connectivity index (χ0n) is 29.0. The Morgan fingerprint density at radius 2 is 1.96 bits per heavy atom. The number of ether oxygens (including phenoxy) is 4. The molecule has 1 aromatic rings. The number of hydrogen-bond donors (Lipinski definition) is 2. The number of amides is 2. The molecule has 0 unspecified atom stereocenters. The quantitative estimate of drug-likeness (QED) is 0.420. The summed E-state index contributed by atoms with van der Waals surface area (Å²) in [6.07, 6.45) is 4.69. The summed E-state index contributed by atoms with van der Waals surface area (Å²) in [6.45, 7) is 9.64. The number of benzene rings is 1. The third kappa shape index (κ3) is 7.90. The van der Waals surface area contributed by atoms with Gasteiger partial charge in [0.15, 0.2) is 5.72 Å². The Kier molecular flexibility index (Phi) is 11.2. The van der Waals surface area contributed by atoms with Gasteiger partial charge in [0.1, 0.15) is 35.1 Å². The summed E-state index contributed by atoms with van der Waals surface area (Å²) < 4.78 is 23.3. The molecule has 0 aromatic heterocycles. The van der Waals surface area contributed by atoms with Crippen LogP contribution in [0.15, 0.2) is 35.9 Å². The number of esters is 1. The number of methoxy groups -OCH3 is 2. The molecule has 0 spiro atoms. The lowest BCUT2D eigenvalue weighted by molar-refractivity contribution is -0.162. The summed E-state index contributed by atoms with van der Waals surface area (Å²) in [5.74, 6) is -0.332. The van der Waals surface area contributed by atoms with Crippen LogP contribution in [0.5, 0.6) is 5.75 Å². The number of rotatable bonds is 5. The molecule has 2 heterocycles. The molecule has 2 fully saturated rings. The highest BCUT2D eigenvalue weighted by Crippen LogP contribution is 2.61. The van der Waals surface area contributed by atoms with E-state index in [2.05, 4.69) is 12.2 Å². The molecule has 2 amide bonds. The second kappa shape index (κ2) is 14.5. The maximum Gasteiger partial charge on any atom is 0.409 e. The summed E-state index contributed by atoms with van der Waals surface area (Å²) in [5, 5.41) is 14.8. The molecule has 1 aliphatic carbocycles. The number of nitrogens with one attached hydrogen (secondary N) is 1. The maximum atomic E-state index is 13.4. The van der Waals surface area contributed by atoms with E-state index >= 15 is 0 Å². The molecule has 1 aromatic carbocycles. The van der Waals surface area contributed by atoms with Crippen LogP contribution in [0, 0.1) is 17.3 Å². The van der Waals surface area contributed by atoms with Gasteiger partial charge in [-0.25, -0.2) is 9.59 Å². The fourth-order valence-corrected chi connectivity index (χ4v) is 7.31. The van der Waals surface area contributed by atoms with Crippen LogP contribution in [-0.2, 0) is 30.2 Å². The van der Waals surface area contributed by atoms with E-state index in [0.29, 0.717) is 36.6 Å². The van der Waals surface area contributed by atoms with E-state index in [1.54, 1.807) is 27.2 Å². The van der Waals surface area contributed by atoms with Gasteiger partial charge in [-0.15, -0.1) is 0 Å². The first-order valence-electron chi connectivity index (χ1n) is 16.1. The minimum atomic E-state index is -1.70. The number of likely N-dealkylation sites (N-methyl/N-ethyl adjacent to an activating group) is 1. The summed E-state index contributed by atoms with van der Waals surface area (Å²) >= 11 is 6.82.